The molecular weight excluding hydrogens is 168 g/mol. The summed E-state index contributed by atoms with van der Waals surface area (Å²) in [6, 6.07) is 0. The summed E-state index contributed by atoms with van der Waals surface area (Å²) in [6.07, 6.45) is 6.19. The van der Waals surface area contributed by atoms with Crippen molar-refractivity contribution in [2.75, 3.05) is 11.5 Å². The lowest BCUT2D eigenvalue weighted by atomic mass is 10.6. The standard InChI is InChI=1S/C7H8N6/c8-5-1-10-7(11-2-5)13-4-6(9)3-12-13/h1-4H,8-9H2. The fourth-order valence-corrected chi connectivity index (χ4v) is 0.896. The molecule has 6 heteroatoms. The maximum atomic E-state index is 5.48. The van der Waals surface area contributed by atoms with Gasteiger partial charge in [-0.1, -0.05) is 0 Å². The van der Waals surface area contributed by atoms with Gasteiger partial charge in [0, 0.05) is 0 Å². The topological polar surface area (TPSA) is 95.6 Å². The summed E-state index contributed by atoms with van der Waals surface area (Å²) >= 11 is 0. The number of rotatable bonds is 1. The maximum absolute atomic E-state index is 5.48. The predicted octanol–water partition coefficient (Wildman–Crippen LogP) is -0.173. The van der Waals surface area contributed by atoms with Crippen LogP contribution in [0.4, 0.5) is 11.4 Å². The highest BCUT2D eigenvalue weighted by Crippen LogP contribution is 2.04. The zero-order chi connectivity index (χ0) is 9.26. The normalized spacial score (nSPS) is 10.2. The third kappa shape index (κ3) is 1.41. The largest absolute Gasteiger partial charge is 0.396 e. The van der Waals surface area contributed by atoms with Crippen molar-refractivity contribution >= 4 is 11.4 Å². The minimum Gasteiger partial charge on any atom is -0.396 e. The third-order valence-corrected chi connectivity index (χ3v) is 1.47. The van der Waals surface area contributed by atoms with Crippen LogP contribution in [0.2, 0.25) is 0 Å². The minimum absolute atomic E-state index is 0.450. The summed E-state index contributed by atoms with van der Waals surface area (Å²) in [7, 11) is 0. The highest BCUT2D eigenvalue weighted by Gasteiger charge is 1.99. The van der Waals surface area contributed by atoms with Gasteiger partial charge in [-0.2, -0.15) is 5.10 Å². The lowest BCUT2D eigenvalue weighted by Gasteiger charge is -1.97. The van der Waals surface area contributed by atoms with Crippen LogP contribution in [0.1, 0.15) is 0 Å². The number of hydrogen-bond acceptors (Lipinski definition) is 5. The molecule has 0 saturated carbocycles. The van der Waals surface area contributed by atoms with Gasteiger partial charge in [-0.05, 0) is 0 Å². The molecule has 0 fully saturated rings. The van der Waals surface area contributed by atoms with Gasteiger partial charge < -0.3 is 11.5 Å². The first kappa shape index (κ1) is 7.53. The van der Waals surface area contributed by atoms with E-state index in [1.54, 1.807) is 6.20 Å². The van der Waals surface area contributed by atoms with Gasteiger partial charge >= 0.3 is 0 Å². The molecule has 66 valence electrons. The second kappa shape index (κ2) is 2.74. The minimum atomic E-state index is 0.450. The van der Waals surface area contributed by atoms with Gasteiger partial charge in [-0.15, -0.1) is 0 Å². The monoisotopic (exact) mass is 176 g/mol. The lowest BCUT2D eigenvalue weighted by molar-refractivity contribution is 0.809. The molecule has 4 N–H and O–H groups in total. The number of nitrogens with zero attached hydrogens (tertiary/aromatic N) is 4. The molecule has 0 aliphatic rings. The zero-order valence-corrected chi connectivity index (χ0v) is 6.75. The van der Waals surface area contributed by atoms with Crippen molar-refractivity contribution < 1.29 is 0 Å². The van der Waals surface area contributed by atoms with Crippen LogP contribution >= 0.6 is 0 Å². The van der Waals surface area contributed by atoms with Crippen molar-refractivity contribution in [1.29, 1.82) is 0 Å². The summed E-state index contributed by atoms with van der Waals surface area (Å²) in [5.41, 5.74) is 12.0. The summed E-state index contributed by atoms with van der Waals surface area (Å²) in [5.74, 6) is 0.450. The van der Waals surface area contributed by atoms with E-state index in [1.807, 2.05) is 0 Å². The number of hydrogen-bond donors (Lipinski definition) is 2. The Morgan fingerprint density at radius 3 is 2.23 bits per heavy atom. The molecule has 0 atom stereocenters. The van der Waals surface area contributed by atoms with Gasteiger partial charge in [0.2, 0.25) is 0 Å². The van der Waals surface area contributed by atoms with Gasteiger partial charge in [-0.3, -0.25) is 0 Å². The van der Waals surface area contributed by atoms with Crippen LogP contribution < -0.4 is 11.5 Å². The summed E-state index contributed by atoms with van der Waals surface area (Å²) in [6.45, 7) is 0. The highest BCUT2D eigenvalue weighted by atomic mass is 15.3. The lowest BCUT2D eigenvalue weighted by Crippen LogP contribution is -2.01. The highest BCUT2D eigenvalue weighted by molar-refractivity contribution is 5.35. The number of nitrogen functional groups attached to an aromatic ring is 2. The predicted molar refractivity (Wildman–Crippen MR) is 48.0 cm³/mol. The average Bonchev–Trinajstić information content (AvgIpc) is 2.53. The zero-order valence-electron chi connectivity index (χ0n) is 6.75. The Morgan fingerprint density at radius 1 is 1.00 bits per heavy atom. The summed E-state index contributed by atoms with van der Waals surface area (Å²) < 4.78 is 1.48. The average molecular weight is 176 g/mol. The first-order chi connectivity index (χ1) is 6.25. The number of nitrogens with two attached hydrogens (primary N) is 2. The van der Waals surface area contributed by atoms with Crippen molar-refractivity contribution in [3.8, 4) is 5.95 Å². The molecule has 0 unspecified atom stereocenters. The molecule has 0 bridgehead atoms. The Labute approximate surface area is 74.2 Å². The molecule has 13 heavy (non-hydrogen) atoms. The van der Waals surface area contributed by atoms with Crippen molar-refractivity contribution in [3.63, 3.8) is 0 Å². The van der Waals surface area contributed by atoms with Gasteiger partial charge in [-0.25, -0.2) is 14.6 Å². The first-order valence-electron chi connectivity index (χ1n) is 3.64. The van der Waals surface area contributed by atoms with Crippen LogP contribution in [-0.2, 0) is 0 Å². The van der Waals surface area contributed by atoms with Crippen LogP contribution in [0.5, 0.6) is 0 Å². The molecule has 0 radical (unpaired) electrons. The van der Waals surface area contributed by atoms with Gasteiger partial charge in [0.25, 0.3) is 5.95 Å². The molecule has 0 amide bonds. The second-order valence-electron chi connectivity index (χ2n) is 2.53. The Morgan fingerprint density at radius 2 is 1.69 bits per heavy atom. The van der Waals surface area contributed by atoms with E-state index in [9.17, 15) is 0 Å². The van der Waals surface area contributed by atoms with Crippen LogP contribution in [0.25, 0.3) is 5.95 Å². The van der Waals surface area contributed by atoms with Crippen LogP contribution in [-0.4, -0.2) is 19.7 Å². The molecule has 0 spiro atoms. The summed E-state index contributed by atoms with van der Waals surface area (Å²) in [5, 5.41) is 3.94. The fourth-order valence-electron chi connectivity index (χ4n) is 0.896. The van der Waals surface area contributed by atoms with E-state index in [4.69, 9.17) is 11.5 Å². The van der Waals surface area contributed by atoms with Gasteiger partial charge in [0.1, 0.15) is 0 Å². The Bertz CT molecular complexity index is 403. The third-order valence-electron chi connectivity index (χ3n) is 1.47. The van der Waals surface area contributed by atoms with Crippen molar-refractivity contribution in [3.05, 3.63) is 24.8 Å². The molecule has 0 aliphatic heterocycles. The summed E-state index contributed by atoms with van der Waals surface area (Å²) in [4.78, 5) is 7.94. The molecular formula is C7H8N6. The van der Waals surface area contributed by atoms with E-state index in [-0.39, 0.29) is 0 Å². The van der Waals surface area contributed by atoms with E-state index in [2.05, 4.69) is 15.1 Å². The number of anilines is 2. The van der Waals surface area contributed by atoms with E-state index in [0.717, 1.165) is 0 Å². The van der Waals surface area contributed by atoms with E-state index in [1.165, 1.54) is 23.3 Å². The SMILES string of the molecule is Nc1cnc(-n2cc(N)cn2)nc1. The first-order valence-corrected chi connectivity index (χ1v) is 3.64. The second-order valence-corrected chi connectivity index (χ2v) is 2.53. The molecule has 6 nitrogen and oxygen atoms in total. The van der Waals surface area contributed by atoms with Gasteiger partial charge in [0.05, 0.1) is 36.2 Å². The Kier molecular flexibility index (Phi) is 1.59. The smallest absolute Gasteiger partial charge is 0.250 e. The molecule has 0 saturated heterocycles. The van der Waals surface area contributed by atoms with E-state index >= 15 is 0 Å². The Hall–Kier alpha value is -2.11. The van der Waals surface area contributed by atoms with Crippen LogP contribution in [0.15, 0.2) is 24.8 Å². The van der Waals surface area contributed by atoms with Crippen LogP contribution in [0, 0.1) is 0 Å². The maximum Gasteiger partial charge on any atom is 0.250 e. The van der Waals surface area contributed by atoms with Gasteiger partial charge in [0.15, 0.2) is 0 Å². The molecule has 2 heterocycles. The molecule has 2 aromatic rings. The quantitative estimate of drug-likeness (QED) is 0.628. The Balaban J connectivity index is 2.41. The molecule has 0 aliphatic carbocycles. The fraction of sp³-hybridized carbons (Fsp3) is 0. The van der Waals surface area contributed by atoms with Crippen molar-refractivity contribution in [2.45, 2.75) is 0 Å². The van der Waals surface area contributed by atoms with Crippen LogP contribution in [0.3, 0.4) is 0 Å². The molecule has 2 rings (SSSR count). The van der Waals surface area contributed by atoms with Crippen molar-refractivity contribution in [1.82, 2.24) is 19.7 Å². The van der Waals surface area contributed by atoms with E-state index in [0.29, 0.717) is 17.3 Å². The van der Waals surface area contributed by atoms with E-state index < -0.39 is 0 Å². The molecule has 0 aromatic carbocycles. The molecule has 2 aromatic heterocycles. The number of aromatic nitrogens is 4. The van der Waals surface area contributed by atoms with Crippen molar-refractivity contribution in [2.24, 2.45) is 0 Å².